The Morgan fingerprint density at radius 3 is 2.29 bits per heavy atom. The number of hydrogen-bond donors (Lipinski definition) is 0. The summed E-state index contributed by atoms with van der Waals surface area (Å²) in [5.74, 6) is 0. The summed E-state index contributed by atoms with van der Waals surface area (Å²) >= 11 is 0. The molecule has 0 bridgehead atoms. The van der Waals surface area contributed by atoms with Gasteiger partial charge in [0.25, 0.3) is 0 Å². The van der Waals surface area contributed by atoms with E-state index < -0.39 is 17.3 Å². The van der Waals surface area contributed by atoms with Gasteiger partial charge in [-0.3, -0.25) is 0 Å². The predicted octanol–water partition coefficient (Wildman–Crippen LogP) is 1.84. The highest BCUT2D eigenvalue weighted by Gasteiger charge is 2.34. The number of hydrogen-bond acceptors (Lipinski definition) is 3. The fourth-order valence-corrected chi connectivity index (χ4v) is 0.840. The minimum atomic E-state index is -4.64. The van der Waals surface area contributed by atoms with E-state index in [0.29, 0.717) is 6.07 Å². The van der Waals surface area contributed by atoms with Gasteiger partial charge in [0.15, 0.2) is 0 Å². The topological polar surface area (TPSA) is 60.5 Å². The van der Waals surface area contributed by atoms with Crippen LogP contribution in [0.3, 0.4) is 0 Å². The third-order valence-electron chi connectivity index (χ3n) is 1.44. The molecule has 1 aromatic rings. The second-order valence-electron chi connectivity index (χ2n) is 2.34. The SMILES string of the molecule is N#Cc1cc(C(F)(F)F)c(C#N)cn1. The monoisotopic (exact) mass is 197 g/mol. The van der Waals surface area contributed by atoms with Crippen LogP contribution in [-0.2, 0) is 6.18 Å². The number of rotatable bonds is 0. The third kappa shape index (κ3) is 1.80. The molecule has 0 fully saturated rings. The van der Waals surface area contributed by atoms with Gasteiger partial charge in [-0.25, -0.2) is 4.98 Å². The smallest absolute Gasteiger partial charge is 0.244 e. The first-order valence-corrected chi connectivity index (χ1v) is 3.36. The number of pyridine rings is 1. The van der Waals surface area contributed by atoms with Crippen LogP contribution >= 0.6 is 0 Å². The van der Waals surface area contributed by atoms with Crippen LogP contribution in [0, 0.1) is 22.7 Å². The van der Waals surface area contributed by atoms with Crippen molar-refractivity contribution in [3.8, 4) is 12.1 Å². The number of alkyl halides is 3. The molecule has 0 atom stereocenters. The summed E-state index contributed by atoms with van der Waals surface area (Å²) in [5.41, 5.74) is -2.08. The van der Waals surface area contributed by atoms with E-state index in [1.54, 1.807) is 0 Å². The Hall–Kier alpha value is -2.08. The van der Waals surface area contributed by atoms with Gasteiger partial charge >= 0.3 is 6.18 Å². The first kappa shape index (κ1) is 10.0. The lowest BCUT2D eigenvalue weighted by Crippen LogP contribution is -2.09. The molecule has 0 aliphatic carbocycles. The maximum absolute atomic E-state index is 12.3. The Morgan fingerprint density at radius 2 is 1.86 bits per heavy atom. The summed E-state index contributed by atoms with van der Waals surface area (Å²) in [6.45, 7) is 0. The largest absolute Gasteiger partial charge is 0.417 e. The standard InChI is InChI=1S/C8H2F3N3/c9-8(10,11)7-1-6(3-13)14-4-5(7)2-12/h1,4H. The van der Waals surface area contributed by atoms with Crippen molar-refractivity contribution in [2.75, 3.05) is 0 Å². The molecule has 0 N–H and O–H groups in total. The minimum Gasteiger partial charge on any atom is -0.244 e. The average molecular weight is 197 g/mol. The van der Waals surface area contributed by atoms with Crippen molar-refractivity contribution in [2.45, 2.75) is 6.18 Å². The van der Waals surface area contributed by atoms with E-state index in [0.717, 1.165) is 6.20 Å². The summed E-state index contributed by atoms with van der Waals surface area (Å²) in [7, 11) is 0. The highest BCUT2D eigenvalue weighted by atomic mass is 19.4. The molecular weight excluding hydrogens is 195 g/mol. The Balaban J connectivity index is 3.41. The summed E-state index contributed by atoms with van der Waals surface area (Å²) in [6, 6.07) is 3.39. The molecule has 14 heavy (non-hydrogen) atoms. The van der Waals surface area contributed by atoms with Gasteiger partial charge in [-0.15, -0.1) is 0 Å². The molecule has 0 spiro atoms. The van der Waals surface area contributed by atoms with Gasteiger partial charge in [0.05, 0.1) is 11.1 Å². The minimum absolute atomic E-state index is 0.365. The van der Waals surface area contributed by atoms with Crippen LogP contribution in [0.25, 0.3) is 0 Å². The quantitative estimate of drug-likeness (QED) is 0.637. The van der Waals surface area contributed by atoms with Crippen LogP contribution < -0.4 is 0 Å². The molecule has 0 aromatic carbocycles. The van der Waals surface area contributed by atoms with E-state index in [4.69, 9.17) is 10.5 Å². The molecular formula is C8H2F3N3. The van der Waals surface area contributed by atoms with Gasteiger partial charge in [-0.2, -0.15) is 23.7 Å². The molecule has 1 aromatic heterocycles. The van der Waals surface area contributed by atoms with Crippen LogP contribution in [0.5, 0.6) is 0 Å². The second kappa shape index (κ2) is 3.35. The molecule has 0 aliphatic heterocycles. The molecule has 0 radical (unpaired) electrons. The van der Waals surface area contributed by atoms with Crippen molar-refractivity contribution in [2.24, 2.45) is 0 Å². The van der Waals surface area contributed by atoms with Crippen LogP contribution in [-0.4, -0.2) is 4.98 Å². The van der Waals surface area contributed by atoms with Crippen molar-refractivity contribution < 1.29 is 13.2 Å². The van der Waals surface area contributed by atoms with Crippen LogP contribution in [0.15, 0.2) is 12.3 Å². The summed E-state index contributed by atoms with van der Waals surface area (Å²) in [4.78, 5) is 3.36. The normalized spacial score (nSPS) is 10.4. The molecule has 0 saturated carbocycles. The summed E-state index contributed by atoms with van der Waals surface area (Å²) in [6.07, 6.45) is -3.90. The summed E-state index contributed by atoms with van der Waals surface area (Å²) < 4.78 is 36.8. The van der Waals surface area contributed by atoms with Gasteiger partial charge in [0.2, 0.25) is 0 Å². The lowest BCUT2D eigenvalue weighted by atomic mass is 10.1. The van der Waals surface area contributed by atoms with E-state index in [-0.39, 0.29) is 5.69 Å². The third-order valence-corrected chi connectivity index (χ3v) is 1.44. The van der Waals surface area contributed by atoms with Gasteiger partial charge in [-0.05, 0) is 6.07 Å². The van der Waals surface area contributed by atoms with E-state index in [9.17, 15) is 13.2 Å². The van der Waals surface area contributed by atoms with Crippen molar-refractivity contribution >= 4 is 0 Å². The Labute approximate surface area is 77.0 Å². The Morgan fingerprint density at radius 1 is 1.21 bits per heavy atom. The first-order chi connectivity index (χ1) is 6.49. The van der Waals surface area contributed by atoms with Crippen molar-refractivity contribution in [1.29, 1.82) is 10.5 Å². The highest BCUT2D eigenvalue weighted by Crippen LogP contribution is 2.31. The van der Waals surface area contributed by atoms with Crippen molar-refractivity contribution in [1.82, 2.24) is 4.98 Å². The highest BCUT2D eigenvalue weighted by molar-refractivity contribution is 5.40. The zero-order valence-corrected chi connectivity index (χ0v) is 6.63. The second-order valence-corrected chi connectivity index (χ2v) is 2.34. The molecule has 0 saturated heterocycles. The molecule has 3 nitrogen and oxygen atoms in total. The van der Waals surface area contributed by atoms with Crippen molar-refractivity contribution in [3.63, 3.8) is 0 Å². The van der Waals surface area contributed by atoms with E-state index in [1.165, 1.54) is 12.1 Å². The molecule has 1 heterocycles. The zero-order chi connectivity index (χ0) is 10.8. The van der Waals surface area contributed by atoms with Crippen LogP contribution in [0.2, 0.25) is 0 Å². The Bertz CT molecular complexity index is 437. The van der Waals surface area contributed by atoms with Gasteiger partial charge in [0, 0.05) is 6.20 Å². The van der Waals surface area contributed by atoms with E-state index in [1.807, 2.05) is 0 Å². The van der Waals surface area contributed by atoms with Crippen molar-refractivity contribution in [3.05, 3.63) is 29.1 Å². The maximum Gasteiger partial charge on any atom is 0.417 e. The number of nitriles is 2. The Kier molecular flexibility index (Phi) is 2.39. The number of nitrogens with zero attached hydrogens (tertiary/aromatic N) is 3. The summed E-state index contributed by atoms with van der Waals surface area (Å²) in [5, 5.41) is 16.7. The lowest BCUT2D eigenvalue weighted by Gasteiger charge is -2.07. The average Bonchev–Trinajstić information content (AvgIpc) is 2.15. The van der Waals surface area contributed by atoms with Crippen LogP contribution in [0.1, 0.15) is 16.8 Å². The van der Waals surface area contributed by atoms with Gasteiger partial charge < -0.3 is 0 Å². The molecule has 0 aliphatic rings. The van der Waals surface area contributed by atoms with Gasteiger partial charge in [-0.1, -0.05) is 0 Å². The molecule has 0 unspecified atom stereocenters. The molecule has 6 heteroatoms. The lowest BCUT2D eigenvalue weighted by molar-refractivity contribution is -0.137. The zero-order valence-electron chi connectivity index (χ0n) is 6.63. The van der Waals surface area contributed by atoms with E-state index in [2.05, 4.69) is 4.98 Å². The predicted molar refractivity (Wildman–Crippen MR) is 38.7 cm³/mol. The number of aromatic nitrogens is 1. The molecule has 70 valence electrons. The van der Waals surface area contributed by atoms with Crippen LogP contribution in [0.4, 0.5) is 13.2 Å². The van der Waals surface area contributed by atoms with Gasteiger partial charge in [0.1, 0.15) is 17.8 Å². The van der Waals surface area contributed by atoms with E-state index >= 15 is 0 Å². The first-order valence-electron chi connectivity index (χ1n) is 3.36. The fraction of sp³-hybridized carbons (Fsp3) is 0.125. The molecule has 0 amide bonds. The molecule has 1 rings (SSSR count). The maximum atomic E-state index is 12.3. The number of halogens is 3. The fourth-order valence-electron chi connectivity index (χ4n) is 0.840.